The summed E-state index contributed by atoms with van der Waals surface area (Å²) in [5, 5.41) is 3.68. The first-order chi connectivity index (χ1) is 12.6. The molecule has 0 aliphatic carbocycles. The summed E-state index contributed by atoms with van der Waals surface area (Å²) in [6.07, 6.45) is -2.14. The van der Waals surface area contributed by atoms with Crippen LogP contribution in [0.15, 0.2) is 47.4 Å². The van der Waals surface area contributed by atoms with E-state index in [2.05, 4.69) is 5.10 Å². The van der Waals surface area contributed by atoms with Crippen LogP contribution >= 0.6 is 0 Å². The molecule has 0 bridgehead atoms. The molecule has 10 heteroatoms. The zero-order valence-electron chi connectivity index (χ0n) is 13.6. The van der Waals surface area contributed by atoms with Crippen LogP contribution in [0.25, 0.3) is 16.9 Å². The summed E-state index contributed by atoms with van der Waals surface area (Å²) in [5.74, 6) is -3.42. The van der Waals surface area contributed by atoms with Crippen molar-refractivity contribution in [2.24, 2.45) is 0 Å². The molecule has 0 aliphatic rings. The highest BCUT2D eigenvalue weighted by atomic mass is 32.2. The molecule has 0 saturated heterocycles. The second-order valence-corrected chi connectivity index (χ2v) is 7.67. The third-order valence-electron chi connectivity index (χ3n) is 3.73. The molecule has 0 amide bonds. The average molecular weight is 402 g/mol. The number of hydrogen-bond donors (Lipinski definition) is 0. The molecule has 4 nitrogen and oxygen atoms in total. The lowest BCUT2D eigenvalue weighted by atomic mass is 10.1. The van der Waals surface area contributed by atoms with Crippen LogP contribution in [0.4, 0.5) is 22.0 Å². The van der Waals surface area contributed by atoms with Crippen molar-refractivity contribution in [1.82, 2.24) is 9.78 Å². The molecule has 3 rings (SSSR count). The molecule has 0 aliphatic heterocycles. The van der Waals surface area contributed by atoms with Gasteiger partial charge in [0, 0.05) is 17.9 Å². The molecule has 1 aromatic heterocycles. The number of alkyl halides is 2. The van der Waals surface area contributed by atoms with Crippen molar-refractivity contribution < 1.29 is 30.4 Å². The topological polar surface area (TPSA) is 52.0 Å². The maximum atomic E-state index is 14.2. The van der Waals surface area contributed by atoms with E-state index in [9.17, 15) is 30.4 Å². The van der Waals surface area contributed by atoms with E-state index in [0.717, 1.165) is 47.3 Å². The van der Waals surface area contributed by atoms with Gasteiger partial charge in [0.05, 0.1) is 11.4 Å². The molecule has 0 N–H and O–H groups in total. The van der Waals surface area contributed by atoms with Gasteiger partial charge in [-0.05, 0) is 36.4 Å². The van der Waals surface area contributed by atoms with Crippen molar-refractivity contribution in [3.63, 3.8) is 0 Å². The number of nitrogens with zero attached hydrogens (tertiary/aromatic N) is 2. The standard InChI is InChI=1S/C17H11F5N2O2S/c1-27(25,26)16-5-3-10(7-13(16)20)24-15(8-14(23-24)17(21)22)9-2-4-11(18)12(19)6-9/h2-8,17H,1H3. The lowest BCUT2D eigenvalue weighted by molar-refractivity contribution is 0.145. The number of sulfone groups is 1. The lowest BCUT2D eigenvalue weighted by Gasteiger charge is -2.09. The SMILES string of the molecule is CS(=O)(=O)c1ccc(-n2nc(C(F)F)cc2-c2ccc(F)c(F)c2)cc1F. The molecular formula is C17H11F5N2O2S. The summed E-state index contributed by atoms with van der Waals surface area (Å²) in [4.78, 5) is -0.568. The van der Waals surface area contributed by atoms with E-state index in [1.165, 1.54) is 6.07 Å². The van der Waals surface area contributed by atoms with Crippen molar-refractivity contribution in [2.75, 3.05) is 6.26 Å². The zero-order chi connectivity index (χ0) is 19.9. The van der Waals surface area contributed by atoms with Crippen LogP contribution in [0.1, 0.15) is 12.1 Å². The highest BCUT2D eigenvalue weighted by molar-refractivity contribution is 7.90. The molecule has 142 valence electrons. The van der Waals surface area contributed by atoms with Crippen LogP contribution in [0.2, 0.25) is 0 Å². The first-order valence-corrected chi connectivity index (χ1v) is 9.30. The normalized spacial score (nSPS) is 12.0. The number of halogens is 5. The smallest absolute Gasteiger partial charge is 0.233 e. The predicted molar refractivity (Wildman–Crippen MR) is 86.9 cm³/mol. The van der Waals surface area contributed by atoms with Crippen molar-refractivity contribution in [2.45, 2.75) is 11.3 Å². The van der Waals surface area contributed by atoms with Gasteiger partial charge >= 0.3 is 0 Å². The van der Waals surface area contributed by atoms with Crippen molar-refractivity contribution in [3.8, 4) is 16.9 Å². The Labute approximate surface area is 150 Å². The Morgan fingerprint density at radius 3 is 2.19 bits per heavy atom. The minimum absolute atomic E-state index is 0.0286. The molecule has 3 aromatic rings. The van der Waals surface area contributed by atoms with Gasteiger partial charge in [0.2, 0.25) is 0 Å². The Morgan fingerprint density at radius 1 is 0.926 bits per heavy atom. The Bertz CT molecular complexity index is 1130. The molecule has 27 heavy (non-hydrogen) atoms. The van der Waals surface area contributed by atoms with Crippen LogP contribution in [0.3, 0.4) is 0 Å². The molecule has 2 aromatic carbocycles. The van der Waals surface area contributed by atoms with Gasteiger partial charge in [0.15, 0.2) is 21.5 Å². The van der Waals surface area contributed by atoms with Crippen molar-refractivity contribution in [1.29, 1.82) is 0 Å². The molecule has 0 unspecified atom stereocenters. The summed E-state index contributed by atoms with van der Waals surface area (Å²) in [5.41, 5.74) is -0.745. The fourth-order valence-corrected chi connectivity index (χ4v) is 3.21. The van der Waals surface area contributed by atoms with E-state index in [-0.39, 0.29) is 16.9 Å². The van der Waals surface area contributed by atoms with Gasteiger partial charge in [-0.3, -0.25) is 0 Å². The van der Waals surface area contributed by atoms with Gasteiger partial charge in [-0.2, -0.15) is 5.10 Å². The van der Waals surface area contributed by atoms with E-state index < -0.39 is 44.3 Å². The summed E-state index contributed by atoms with van der Waals surface area (Å²) in [7, 11) is -3.83. The summed E-state index contributed by atoms with van der Waals surface area (Å²) in [6.45, 7) is 0. The summed E-state index contributed by atoms with van der Waals surface area (Å²) in [6, 6.07) is 6.67. The molecule has 0 fully saturated rings. The van der Waals surface area contributed by atoms with Crippen LogP contribution in [0, 0.1) is 17.5 Å². The highest BCUT2D eigenvalue weighted by Gasteiger charge is 2.20. The van der Waals surface area contributed by atoms with Gasteiger partial charge in [0.25, 0.3) is 6.43 Å². The zero-order valence-corrected chi connectivity index (χ0v) is 14.4. The predicted octanol–water partition coefficient (Wildman–Crippen LogP) is 4.30. The third-order valence-corrected chi connectivity index (χ3v) is 4.86. The van der Waals surface area contributed by atoms with Crippen molar-refractivity contribution >= 4 is 9.84 Å². The van der Waals surface area contributed by atoms with Crippen LogP contribution in [-0.4, -0.2) is 24.5 Å². The minimum atomic E-state index is -3.83. The van der Waals surface area contributed by atoms with Crippen LogP contribution in [0.5, 0.6) is 0 Å². The van der Waals surface area contributed by atoms with Crippen LogP contribution in [-0.2, 0) is 9.84 Å². The van der Waals surface area contributed by atoms with Gasteiger partial charge in [0.1, 0.15) is 16.4 Å². The second kappa shape index (κ2) is 6.76. The fraction of sp³-hybridized carbons (Fsp3) is 0.118. The third kappa shape index (κ3) is 3.70. The van der Waals surface area contributed by atoms with Gasteiger partial charge < -0.3 is 0 Å². The maximum absolute atomic E-state index is 14.2. The van der Waals surface area contributed by atoms with E-state index in [1.54, 1.807) is 0 Å². The van der Waals surface area contributed by atoms with E-state index >= 15 is 0 Å². The minimum Gasteiger partial charge on any atom is -0.233 e. The molecule has 0 spiro atoms. The molecule has 0 atom stereocenters. The molecule has 1 heterocycles. The quantitative estimate of drug-likeness (QED) is 0.612. The van der Waals surface area contributed by atoms with Crippen molar-refractivity contribution in [3.05, 3.63) is 65.6 Å². The van der Waals surface area contributed by atoms with Gasteiger partial charge in [-0.1, -0.05) is 0 Å². The molecule has 0 saturated carbocycles. The first-order valence-electron chi connectivity index (χ1n) is 7.41. The Morgan fingerprint density at radius 2 is 1.63 bits per heavy atom. The van der Waals surface area contributed by atoms with Crippen LogP contribution < -0.4 is 0 Å². The highest BCUT2D eigenvalue weighted by Crippen LogP contribution is 2.30. The maximum Gasteiger partial charge on any atom is 0.282 e. The van der Waals surface area contributed by atoms with Gasteiger partial charge in [-0.25, -0.2) is 35.1 Å². The van der Waals surface area contributed by atoms with E-state index in [0.29, 0.717) is 0 Å². The van der Waals surface area contributed by atoms with E-state index in [1.807, 2.05) is 0 Å². The number of aromatic nitrogens is 2. The molecule has 0 radical (unpaired) electrons. The average Bonchev–Trinajstić information content (AvgIpc) is 3.01. The fourth-order valence-electron chi connectivity index (χ4n) is 2.49. The lowest BCUT2D eigenvalue weighted by Crippen LogP contribution is -2.05. The largest absolute Gasteiger partial charge is 0.282 e. The van der Waals surface area contributed by atoms with E-state index in [4.69, 9.17) is 0 Å². The van der Waals surface area contributed by atoms with Gasteiger partial charge in [-0.15, -0.1) is 0 Å². The Hall–Kier alpha value is -2.75. The number of rotatable bonds is 4. The second-order valence-electron chi connectivity index (χ2n) is 5.68. The first kappa shape index (κ1) is 19.0. The number of benzene rings is 2. The monoisotopic (exact) mass is 402 g/mol. The summed E-state index contributed by atoms with van der Waals surface area (Å²) < 4.78 is 90.9. The summed E-state index contributed by atoms with van der Waals surface area (Å²) >= 11 is 0. The molecular weight excluding hydrogens is 391 g/mol. The number of hydrogen-bond acceptors (Lipinski definition) is 3. The Kier molecular flexibility index (Phi) is 4.77. The Balaban J connectivity index is 2.20.